The smallest absolute Gasteiger partial charge is 0.159 e. The minimum absolute atomic E-state index is 0.383. The monoisotopic (exact) mass is 260 g/mol. The number of methoxy groups -OCH3 is 2. The van der Waals surface area contributed by atoms with Gasteiger partial charge in [0.15, 0.2) is 6.29 Å². The Morgan fingerprint density at radius 2 is 1.68 bits per heavy atom. The Hall–Kier alpha value is -1.42. The van der Waals surface area contributed by atoms with Crippen molar-refractivity contribution >= 4 is 10.8 Å². The lowest BCUT2D eigenvalue weighted by Crippen LogP contribution is -2.29. The fourth-order valence-corrected chi connectivity index (χ4v) is 2.39. The highest BCUT2D eigenvalue weighted by molar-refractivity contribution is 5.86. The van der Waals surface area contributed by atoms with Crippen molar-refractivity contribution in [3.63, 3.8) is 0 Å². The molecule has 1 N–H and O–H groups in total. The molecule has 0 aromatic heterocycles. The molecule has 3 heteroatoms. The Kier molecular flexibility index (Phi) is 4.20. The quantitative estimate of drug-likeness (QED) is 0.840. The van der Waals surface area contributed by atoms with Crippen molar-refractivity contribution in [2.75, 3.05) is 14.2 Å². The van der Waals surface area contributed by atoms with Gasteiger partial charge in [-0.15, -0.1) is 0 Å². The SMILES string of the molecule is COC(CC(C)(O)c1cccc2ccccc12)OC. The van der Waals surface area contributed by atoms with Gasteiger partial charge in [0.2, 0.25) is 0 Å². The molecule has 0 amide bonds. The minimum Gasteiger partial charge on any atom is -0.385 e. The summed E-state index contributed by atoms with van der Waals surface area (Å²) in [6.07, 6.45) is -0.0393. The summed E-state index contributed by atoms with van der Waals surface area (Å²) in [6, 6.07) is 14.0. The van der Waals surface area contributed by atoms with Crippen molar-refractivity contribution in [3.8, 4) is 0 Å². The van der Waals surface area contributed by atoms with Gasteiger partial charge in [0.05, 0.1) is 5.60 Å². The molecule has 0 aliphatic rings. The van der Waals surface area contributed by atoms with Crippen LogP contribution in [0, 0.1) is 0 Å². The maximum Gasteiger partial charge on any atom is 0.159 e. The van der Waals surface area contributed by atoms with Crippen LogP contribution in [-0.4, -0.2) is 25.6 Å². The second-order valence-electron chi connectivity index (χ2n) is 4.91. The number of rotatable bonds is 5. The molecular weight excluding hydrogens is 240 g/mol. The van der Waals surface area contributed by atoms with Gasteiger partial charge in [0.1, 0.15) is 0 Å². The number of fused-ring (bicyclic) bond motifs is 1. The summed E-state index contributed by atoms with van der Waals surface area (Å²) in [6.45, 7) is 1.79. The summed E-state index contributed by atoms with van der Waals surface area (Å²) in [4.78, 5) is 0. The molecule has 0 spiro atoms. The topological polar surface area (TPSA) is 38.7 Å². The Morgan fingerprint density at radius 1 is 1.05 bits per heavy atom. The number of ether oxygens (including phenoxy) is 2. The van der Waals surface area contributed by atoms with E-state index in [9.17, 15) is 5.11 Å². The molecule has 0 bridgehead atoms. The van der Waals surface area contributed by atoms with Crippen LogP contribution in [0.5, 0.6) is 0 Å². The molecule has 3 nitrogen and oxygen atoms in total. The Bertz CT molecular complexity index is 539. The second-order valence-corrected chi connectivity index (χ2v) is 4.91. The fourth-order valence-electron chi connectivity index (χ4n) is 2.39. The standard InChI is InChI=1S/C16H20O3/c1-16(17,11-15(18-2)19-3)14-10-6-8-12-7-4-5-9-13(12)14/h4-10,15,17H,11H2,1-3H3. The summed E-state index contributed by atoms with van der Waals surface area (Å²) in [7, 11) is 3.15. The summed E-state index contributed by atoms with van der Waals surface area (Å²) >= 11 is 0. The highest BCUT2D eigenvalue weighted by atomic mass is 16.7. The molecule has 2 rings (SSSR count). The molecular formula is C16H20O3. The van der Waals surface area contributed by atoms with Crippen molar-refractivity contribution in [1.82, 2.24) is 0 Å². The largest absolute Gasteiger partial charge is 0.385 e. The predicted octanol–water partition coefficient (Wildman–Crippen LogP) is 3.06. The molecule has 19 heavy (non-hydrogen) atoms. The highest BCUT2D eigenvalue weighted by Crippen LogP contribution is 2.32. The van der Waals surface area contributed by atoms with Gasteiger partial charge in [-0.05, 0) is 23.3 Å². The molecule has 1 unspecified atom stereocenters. The van der Waals surface area contributed by atoms with Gasteiger partial charge in [-0.25, -0.2) is 0 Å². The third-order valence-corrected chi connectivity index (χ3v) is 3.46. The number of hydrogen-bond donors (Lipinski definition) is 1. The van der Waals surface area contributed by atoms with Crippen molar-refractivity contribution in [1.29, 1.82) is 0 Å². The molecule has 0 heterocycles. The first-order chi connectivity index (χ1) is 9.08. The van der Waals surface area contributed by atoms with Crippen LogP contribution >= 0.6 is 0 Å². The van der Waals surface area contributed by atoms with Gasteiger partial charge in [-0.2, -0.15) is 0 Å². The average molecular weight is 260 g/mol. The number of benzene rings is 2. The molecule has 0 saturated heterocycles. The van der Waals surface area contributed by atoms with Crippen LogP contribution in [0.25, 0.3) is 10.8 Å². The summed E-state index contributed by atoms with van der Waals surface area (Å²) in [5.41, 5.74) is -0.109. The first kappa shape index (κ1) is 14.0. The summed E-state index contributed by atoms with van der Waals surface area (Å²) < 4.78 is 10.4. The van der Waals surface area contributed by atoms with E-state index in [1.165, 1.54) is 0 Å². The van der Waals surface area contributed by atoms with Gasteiger partial charge in [-0.3, -0.25) is 0 Å². The lowest BCUT2D eigenvalue weighted by Gasteiger charge is -2.28. The van der Waals surface area contributed by atoms with E-state index in [-0.39, 0.29) is 0 Å². The van der Waals surface area contributed by atoms with Crippen LogP contribution in [-0.2, 0) is 15.1 Å². The zero-order chi connectivity index (χ0) is 13.9. The lowest BCUT2D eigenvalue weighted by molar-refractivity contribution is -0.141. The van der Waals surface area contributed by atoms with E-state index in [2.05, 4.69) is 0 Å². The van der Waals surface area contributed by atoms with Gasteiger partial charge >= 0.3 is 0 Å². The fraction of sp³-hybridized carbons (Fsp3) is 0.375. The van der Waals surface area contributed by atoms with Crippen molar-refractivity contribution < 1.29 is 14.6 Å². The minimum atomic E-state index is -1.00. The van der Waals surface area contributed by atoms with Gasteiger partial charge in [0, 0.05) is 20.6 Å². The van der Waals surface area contributed by atoms with E-state index in [1.807, 2.05) is 42.5 Å². The highest BCUT2D eigenvalue weighted by Gasteiger charge is 2.29. The Labute approximate surface area is 113 Å². The Balaban J connectivity index is 2.42. The molecule has 1 atom stereocenters. The zero-order valence-electron chi connectivity index (χ0n) is 11.6. The Morgan fingerprint density at radius 3 is 2.37 bits per heavy atom. The van der Waals surface area contributed by atoms with Crippen LogP contribution < -0.4 is 0 Å². The van der Waals surface area contributed by atoms with Crippen LogP contribution in [0.3, 0.4) is 0 Å². The average Bonchev–Trinajstić information content (AvgIpc) is 2.44. The number of hydrogen-bond acceptors (Lipinski definition) is 3. The van der Waals surface area contributed by atoms with E-state index in [4.69, 9.17) is 9.47 Å². The van der Waals surface area contributed by atoms with Gasteiger partial charge < -0.3 is 14.6 Å². The van der Waals surface area contributed by atoms with Gasteiger partial charge in [-0.1, -0.05) is 42.5 Å². The molecule has 0 aliphatic heterocycles. The molecule has 0 fully saturated rings. The van der Waals surface area contributed by atoms with E-state index in [0.717, 1.165) is 16.3 Å². The van der Waals surface area contributed by atoms with Crippen molar-refractivity contribution in [3.05, 3.63) is 48.0 Å². The predicted molar refractivity (Wildman–Crippen MR) is 75.9 cm³/mol. The van der Waals surface area contributed by atoms with Gasteiger partial charge in [0.25, 0.3) is 0 Å². The second kappa shape index (κ2) is 5.70. The van der Waals surface area contributed by atoms with E-state index < -0.39 is 11.9 Å². The molecule has 0 radical (unpaired) electrons. The normalized spacial score (nSPS) is 14.8. The number of aliphatic hydroxyl groups is 1. The maximum atomic E-state index is 10.8. The van der Waals surface area contributed by atoms with Crippen LogP contribution in [0.2, 0.25) is 0 Å². The maximum absolute atomic E-state index is 10.8. The van der Waals surface area contributed by atoms with E-state index in [1.54, 1.807) is 21.1 Å². The lowest BCUT2D eigenvalue weighted by atomic mass is 9.88. The van der Waals surface area contributed by atoms with E-state index in [0.29, 0.717) is 6.42 Å². The third-order valence-electron chi connectivity index (χ3n) is 3.46. The van der Waals surface area contributed by atoms with Crippen LogP contribution in [0.1, 0.15) is 18.9 Å². The molecule has 2 aromatic carbocycles. The summed E-state index contributed by atoms with van der Waals surface area (Å²) in [5, 5.41) is 12.9. The van der Waals surface area contributed by atoms with Crippen LogP contribution in [0.4, 0.5) is 0 Å². The zero-order valence-corrected chi connectivity index (χ0v) is 11.6. The first-order valence-electron chi connectivity index (χ1n) is 6.34. The van der Waals surface area contributed by atoms with Crippen molar-refractivity contribution in [2.24, 2.45) is 0 Å². The summed E-state index contributed by atoms with van der Waals surface area (Å²) in [5.74, 6) is 0. The third kappa shape index (κ3) is 2.95. The molecule has 0 aliphatic carbocycles. The molecule has 2 aromatic rings. The van der Waals surface area contributed by atoms with Crippen molar-refractivity contribution in [2.45, 2.75) is 25.2 Å². The molecule has 102 valence electrons. The van der Waals surface area contributed by atoms with E-state index >= 15 is 0 Å². The molecule has 0 saturated carbocycles. The van der Waals surface area contributed by atoms with Crippen LogP contribution in [0.15, 0.2) is 42.5 Å². The first-order valence-corrected chi connectivity index (χ1v) is 6.34.